The molecule has 0 aromatic heterocycles. The molecular formula is C13H14N2O3S. The Morgan fingerprint density at radius 3 is 2.58 bits per heavy atom. The van der Waals surface area contributed by atoms with Crippen LogP contribution in [0.15, 0.2) is 29.2 Å². The number of ether oxygens (including phenoxy) is 1. The molecule has 0 atom stereocenters. The summed E-state index contributed by atoms with van der Waals surface area (Å²) in [5.41, 5.74) is 6.22. The van der Waals surface area contributed by atoms with Crippen LogP contribution < -0.4 is 10.5 Å². The Morgan fingerprint density at radius 1 is 1.32 bits per heavy atom. The third-order valence-electron chi connectivity index (χ3n) is 2.64. The molecule has 2 rings (SSSR count). The first-order valence-corrected chi connectivity index (χ1v) is 6.57. The van der Waals surface area contributed by atoms with Gasteiger partial charge in [0.2, 0.25) is 0 Å². The minimum Gasteiger partial charge on any atom is -0.497 e. The van der Waals surface area contributed by atoms with Crippen LogP contribution in [0.4, 0.5) is 4.79 Å². The van der Waals surface area contributed by atoms with Gasteiger partial charge in [0.15, 0.2) is 0 Å². The number of thioether (sulfide) groups is 1. The van der Waals surface area contributed by atoms with E-state index in [9.17, 15) is 9.59 Å². The van der Waals surface area contributed by atoms with Gasteiger partial charge in [-0.1, -0.05) is 12.1 Å². The van der Waals surface area contributed by atoms with Crippen molar-refractivity contribution in [3.8, 4) is 5.75 Å². The third-order valence-corrected chi connectivity index (χ3v) is 3.55. The number of nitrogens with two attached hydrogens (primary N) is 1. The molecule has 100 valence electrons. The van der Waals surface area contributed by atoms with Gasteiger partial charge in [0.05, 0.1) is 12.0 Å². The fourth-order valence-electron chi connectivity index (χ4n) is 1.67. The van der Waals surface area contributed by atoms with Crippen LogP contribution in [0.25, 0.3) is 6.08 Å². The number of carbonyl (C=O) groups excluding carboxylic acids is 2. The highest BCUT2D eigenvalue weighted by Crippen LogP contribution is 2.31. The van der Waals surface area contributed by atoms with Crippen LogP contribution in [-0.4, -0.2) is 36.2 Å². The van der Waals surface area contributed by atoms with Crippen LogP contribution >= 0.6 is 11.8 Å². The number of methoxy groups -OCH3 is 1. The predicted octanol–water partition coefficient (Wildman–Crippen LogP) is 1.69. The van der Waals surface area contributed by atoms with E-state index in [1.807, 2.05) is 12.1 Å². The maximum Gasteiger partial charge on any atom is 0.293 e. The van der Waals surface area contributed by atoms with E-state index in [1.165, 1.54) is 4.90 Å². The Bertz CT molecular complexity index is 525. The Balaban J connectivity index is 2.19. The molecular weight excluding hydrogens is 264 g/mol. The molecule has 1 aromatic rings. The zero-order chi connectivity index (χ0) is 13.8. The molecule has 1 heterocycles. The van der Waals surface area contributed by atoms with E-state index in [1.54, 1.807) is 25.3 Å². The molecule has 1 aromatic carbocycles. The maximum atomic E-state index is 12.0. The number of imide groups is 1. The smallest absolute Gasteiger partial charge is 0.293 e. The quantitative estimate of drug-likeness (QED) is 0.848. The molecule has 0 aliphatic carbocycles. The number of hydrogen-bond acceptors (Lipinski definition) is 5. The van der Waals surface area contributed by atoms with Gasteiger partial charge in [0, 0.05) is 13.1 Å². The summed E-state index contributed by atoms with van der Waals surface area (Å²) in [6.45, 7) is 0.526. The summed E-state index contributed by atoms with van der Waals surface area (Å²) < 4.78 is 5.06. The highest BCUT2D eigenvalue weighted by atomic mass is 32.2. The normalized spacial score (nSPS) is 17.4. The van der Waals surface area contributed by atoms with E-state index in [-0.39, 0.29) is 24.2 Å². The minimum absolute atomic E-state index is 0.255. The van der Waals surface area contributed by atoms with Crippen molar-refractivity contribution >= 4 is 29.0 Å². The first-order chi connectivity index (χ1) is 9.15. The van der Waals surface area contributed by atoms with Crippen LogP contribution in [0.3, 0.4) is 0 Å². The molecule has 0 bridgehead atoms. The van der Waals surface area contributed by atoms with Crippen molar-refractivity contribution in [2.45, 2.75) is 0 Å². The van der Waals surface area contributed by atoms with E-state index in [0.29, 0.717) is 4.91 Å². The predicted molar refractivity (Wildman–Crippen MR) is 74.7 cm³/mol. The lowest BCUT2D eigenvalue weighted by Crippen LogP contribution is -2.33. The Kier molecular flexibility index (Phi) is 4.24. The lowest BCUT2D eigenvalue weighted by Gasteiger charge is -2.09. The molecule has 0 unspecified atom stereocenters. The number of amides is 2. The van der Waals surface area contributed by atoms with Gasteiger partial charge >= 0.3 is 0 Å². The second kappa shape index (κ2) is 5.90. The molecule has 2 amide bonds. The van der Waals surface area contributed by atoms with E-state index >= 15 is 0 Å². The zero-order valence-electron chi connectivity index (χ0n) is 10.5. The second-order valence-electron chi connectivity index (χ2n) is 3.90. The average molecular weight is 278 g/mol. The molecule has 2 N–H and O–H groups in total. The summed E-state index contributed by atoms with van der Waals surface area (Å²) in [6.07, 6.45) is 1.70. The molecule has 0 spiro atoms. The van der Waals surface area contributed by atoms with Gasteiger partial charge in [0.25, 0.3) is 11.1 Å². The van der Waals surface area contributed by atoms with Crippen molar-refractivity contribution in [3.63, 3.8) is 0 Å². The summed E-state index contributed by atoms with van der Waals surface area (Å²) >= 11 is 0.938. The molecule has 0 radical (unpaired) electrons. The number of benzene rings is 1. The van der Waals surface area contributed by atoms with Crippen molar-refractivity contribution in [2.24, 2.45) is 5.73 Å². The summed E-state index contributed by atoms with van der Waals surface area (Å²) in [4.78, 5) is 25.2. The van der Waals surface area contributed by atoms with Crippen molar-refractivity contribution in [3.05, 3.63) is 34.7 Å². The zero-order valence-corrected chi connectivity index (χ0v) is 11.3. The summed E-state index contributed by atoms with van der Waals surface area (Å²) in [5, 5.41) is -0.268. The van der Waals surface area contributed by atoms with Crippen LogP contribution in [0.2, 0.25) is 0 Å². The molecule has 1 saturated heterocycles. The van der Waals surface area contributed by atoms with Crippen LogP contribution in [0.1, 0.15) is 5.56 Å². The lowest BCUT2D eigenvalue weighted by molar-refractivity contribution is -0.122. The Labute approximate surface area is 115 Å². The number of hydrogen-bond donors (Lipinski definition) is 1. The SMILES string of the molecule is COc1ccc(/C=C2/SC(=O)N(CCN)C2=O)cc1. The fraction of sp³-hybridized carbons (Fsp3) is 0.231. The second-order valence-corrected chi connectivity index (χ2v) is 4.89. The molecule has 5 nitrogen and oxygen atoms in total. The Morgan fingerprint density at radius 2 is 2.00 bits per heavy atom. The third kappa shape index (κ3) is 2.97. The largest absolute Gasteiger partial charge is 0.497 e. The standard InChI is InChI=1S/C13H14N2O3S/c1-18-10-4-2-9(3-5-10)8-11-12(16)15(7-6-14)13(17)19-11/h2-5,8H,6-7,14H2,1H3/b11-8+. The molecule has 1 fully saturated rings. The van der Waals surface area contributed by atoms with Gasteiger partial charge < -0.3 is 10.5 Å². The number of rotatable bonds is 4. The van der Waals surface area contributed by atoms with E-state index < -0.39 is 0 Å². The summed E-state index contributed by atoms with van der Waals surface area (Å²) in [6, 6.07) is 7.26. The molecule has 19 heavy (non-hydrogen) atoms. The lowest BCUT2D eigenvalue weighted by atomic mass is 10.2. The minimum atomic E-state index is -0.281. The molecule has 0 saturated carbocycles. The van der Waals surface area contributed by atoms with Crippen molar-refractivity contribution < 1.29 is 14.3 Å². The summed E-state index contributed by atoms with van der Waals surface area (Å²) in [5.74, 6) is 0.463. The topological polar surface area (TPSA) is 72.6 Å². The molecule has 1 aliphatic rings. The monoisotopic (exact) mass is 278 g/mol. The van der Waals surface area contributed by atoms with Gasteiger partial charge in [0.1, 0.15) is 5.75 Å². The van der Waals surface area contributed by atoms with Crippen LogP contribution in [0, 0.1) is 0 Å². The number of nitrogens with zero attached hydrogens (tertiary/aromatic N) is 1. The molecule has 6 heteroatoms. The van der Waals surface area contributed by atoms with Gasteiger partial charge in [-0.15, -0.1) is 0 Å². The van der Waals surface area contributed by atoms with E-state index in [4.69, 9.17) is 10.5 Å². The van der Waals surface area contributed by atoms with Gasteiger partial charge in [-0.05, 0) is 35.5 Å². The fourth-order valence-corrected chi connectivity index (χ4v) is 2.54. The van der Waals surface area contributed by atoms with Gasteiger partial charge in [-0.25, -0.2) is 0 Å². The van der Waals surface area contributed by atoms with Crippen molar-refractivity contribution in [1.29, 1.82) is 0 Å². The van der Waals surface area contributed by atoms with Gasteiger partial charge in [-0.2, -0.15) is 0 Å². The molecule has 1 aliphatic heterocycles. The van der Waals surface area contributed by atoms with E-state index in [0.717, 1.165) is 23.1 Å². The van der Waals surface area contributed by atoms with Crippen LogP contribution in [0.5, 0.6) is 5.75 Å². The Hall–Kier alpha value is -1.79. The summed E-state index contributed by atoms with van der Waals surface area (Å²) in [7, 11) is 1.59. The maximum absolute atomic E-state index is 12.0. The van der Waals surface area contributed by atoms with Crippen molar-refractivity contribution in [2.75, 3.05) is 20.2 Å². The first-order valence-electron chi connectivity index (χ1n) is 5.75. The first kappa shape index (κ1) is 13.6. The van der Waals surface area contributed by atoms with Crippen molar-refractivity contribution in [1.82, 2.24) is 4.90 Å². The van der Waals surface area contributed by atoms with Crippen LogP contribution in [-0.2, 0) is 4.79 Å². The average Bonchev–Trinajstić information content (AvgIpc) is 2.68. The van der Waals surface area contributed by atoms with E-state index in [2.05, 4.69) is 0 Å². The highest BCUT2D eigenvalue weighted by Gasteiger charge is 2.34. The highest BCUT2D eigenvalue weighted by molar-refractivity contribution is 8.18. The van der Waals surface area contributed by atoms with Gasteiger partial charge in [-0.3, -0.25) is 14.5 Å². The number of carbonyl (C=O) groups is 2.